The smallest absolute Gasteiger partial charge is 0.347 e. The van der Waals surface area contributed by atoms with E-state index in [1.165, 1.54) is 33.1 Å². The Kier molecular flexibility index (Phi) is 10.2. The van der Waals surface area contributed by atoms with Gasteiger partial charge in [-0.25, -0.2) is 9.59 Å². The lowest BCUT2D eigenvalue weighted by Crippen LogP contribution is -2.30. The third-order valence-corrected chi connectivity index (χ3v) is 2.71. The monoisotopic (exact) mass is 274 g/mol. The first-order chi connectivity index (χ1) is 8.99. The van der Waals surface area contributed by atoms with E-state index in [-0.39, 0.29) is 0 Å². The molecule has 0 aliphatic carbocycles. The molecule has 0 heterocycles. The fourth-order valence-electron chi connectivity index (χ4n) is 1.49. The summed E-state index contributed by atoms with van der Waals surface area (Å²) in [5.74, 6) is -1.38. The summed E-state index contributed by atoms with van der Waals surface area (Å²) < 4.78 is 9.71. The van der Waals surface area contributed by atoms with Crippen molar-refractivity contribution in [3.63, 3.8) is 0 Å². The van der Waals surface area contributed by atoms with E-state index in [9.17, 15) is 9.59 Å². The number of aliphatic hydroxyl groups is 1. The van der Waals surface area contributed by atoms with Gasteiger partial charge in [0.1, 0.15) is 6.10 Å². The van der Waals surface area contributed by atoms with Crippen LogP contribution >= 0.6 is 0 Å². The number of carbonyl (C=O) groups excluding carboxylic acids is 2. The van der Waals surface area contributed by atoms with Crippen LogP contribution in [0.2, 0.25) is 0 Å². The lowest BCUT2D eigenvalue weighted by molar-refractivity contribution is -0.171. The van der Waals surface area contributed by atoms with Gasteiger partial charge in [-0.1, -0.05) is 39.0 Å². The van der Waals surface area contributed by atoms with Crippen molar-refractivity contribution in [2.45, 2.75) is 71.5 Å². The van der Waals surface area contributed by atoms with Gasteiger partial charge < -0.3 is 14.6 Å². The van der Waals surface area contributed by atoms with Gasteiger partial charge in [0.2, 0.25) is 0 Å². The van der Waals surface area contributed by atoms with Crippen molar-refractivity contribution in [1.29, 1.82) is 0 Å². The van der Waals surface area contributed by atoms with E-state index in [1.807, 2.05) is 0 Å². The number of unbranched alkanes of at least 4 members (excludes halogenated alkanes) is 5. The summed E-state index contributed by atoms with van der Waals surface area (Å²) in [4.78, 5) is 22.5. The van der Waals surface area contributed by atoms with E-state index >= 15 is 0 Å². The Morgan fingerprint density at radius 2 is 1.58 bits per heavy atom. The molecule has 2 atom stereocenters. The Hall–Kier alpha value is -1.10. The van der Waals surface area contributed by atoms with Gasteiger partial charge in [0.15, 0.2) is 6.10 Å². The van der Waals surface area contributed by atoms with Gasteiger partial charge in [-0.05, 0) is 20.3 Å². The first kappa shape index (κ1) is 17.9. The third-order valence-electron chi connectivity index (χ3n) is 2.71. The maximum atomic E-state index is 11.5. The van der Waals surface area contributed by atoms with Crippen LogP contribution < -0.4 is 0 Å². The molecule has 0 aromatic carbocycles. The zero-order valence-corrected chi connectivity index (χ0v) is 12.2. The number of hydrogen-bond acceptors (Lipinski definition) is 5. The first-order valence-corrected chi connectivity index (χ1v) is 7.04. The van der Waals surface area contributed by atoms with Crippen molar-refractivity contribution < 1.29 is 24.2 Å². The molecule has 0 radical (unpaired) electrons. The molecule has 112 valence electrons. The molecule has 0 amide bonds. The average molecular weight is 274 g/mol. The molecule has 0 aliphatic heterocycles. The van der Waals surface area contributed by atoms with E-state index in [2.05, 4.69) is 6.92 Å². The van der Waals surface area contributed by atoms with Crippen LogP contribution in [-0.4, -0.2) is 35.9 Å². The Balaban J connectivity index is 3.60. The van der Waals surface area contributed by atoms with Crippen LogP contribution in [0.3, 0.4) is 0 Å². The molecule has 5 heteroatoms. The molecule has 0 saturated carbocycles. The lowest BCUT2D eigenvalue weighted by atomic mass is 10.1. The van der Waals surface area contributed by atoms with E-state index in [1.54, 1.807) is 0 Å². The van der Waals surface area contributed by atoms with Crippen molar-refractivity contribution in [2.24, 2.45) is 0 Å². The van der Waals surface area contributed by atoms with Gasteiger partial charge in [0.05, 0.1) is 6.61 Å². The topological polar surface area (TPSA) is 72.8 Å². The molecule has 0 rings (SSSR count). The van der Waals surface area contributed by atoms with E-state index in [0.717, 1.165) is 19.3 Å². The second-order valence-electron chi connectivity index (χ2n) is 4.69. The number of ether oxygens (including phenoxy) is 2. The molecule has 0 fully saturated rings. The largest absolute Gasteiger partial charge is 0.463 e. The van der Waals surface area contributed by atoms with Gasteiger partial charge in [-0.3, -0.25) is 0 Å². The zero-order valence-electron chi connectivity index (χ0n) is 12.2. The van der Waals surface area contributed by atoms with Gasteiger partial charge in [0.25, 0.3) is 0 Å². The molecule has 0 aliphatic rings. The maximum Gasteiger partial charge on any atom is 0.347 e. The molecule has 0 aromatic heterocycles. The van der Waals surface area contributed by atoms with Crippen molar-refractivity contribution in [1.82, 2.24) is 0 Å². The highest BCUT2D eigenvalue weighted by atomic mass is 16.6. The normalized spacial score (nSPS) is 13.7. The Labute approximate surface area is 115 Å². The van der Waals surface area contributed by atoms with Crippen LogP contribution in [0, 0.1) is 0 Å². The Bertz CT molecular complexity index is 263. The number of hydrogen-bond donors (Lipinski definition) is 1. The van der Waals surface area contributed by atoms with Crippen LogP contribution in [0.4, 0.5) is 0 Å². The first-order valence-electron chi connectivity index (χ1n) is 7.04. The van der Waals surface area contributed by atoms with Crippen LogP contribution in [0.15, 0.2) is 0 Å². The molecular formula is C14H26O5. The van der Waals surface area contributed by atoms with Crippen LogP contribution in [0.5, 0.6) is 0 Å². The summed E-state index contributed by atoms with van der Waals surface area (Å²) in [5.41, 5.74) is 0. The fraction of sp³-hybridized carbons (Fsp3) is 0.857. The molecule has 0 bridgehead atoms. The zero-order chi connectivity index (χ0) is 14.7. The second kappa shape index (κ2) is 10.8. The molecule has 0 aromatic rings. The van der Waals surface area contributed by atoms with Crippen LogP contribution in [0.1, 0.15) is 59.3 Å². The maximum absolute atomic E-state index is 11.5. The third kappa shape index (κ3) is 9.47. The summed E-state index contributed by atoms with van der Waals surface area (Å²) in [6, 6.07) is 0. The highest BCUT2D eigenvalue weighted by Crippen LogP contribution is 2.05. The van der Waals surface area contributed by atoms with Gasteiger partial charge in [-0.15, -0.1) is 0 Å². The number of esters is 2. The van der Waals surface area contributed by atoms with Crippen molar-refractivity contribution in [3.05, 3.63) is 0 Å². The number of carbonyl (C=O) groups is 2. The summed E-state index contributed by atoms with van der Waals surface area (Å²) in [6.45, 7) is 5.24. The molecular weight excluding hydrogens is 248 g/mol. The van der Waals surface area contributed by atoms with E-state index in [4.69, 9.17) is 14.6 Å². The Morgan fingerprint density at radius 1 is 1.00 bits per heavy atom. The minimum atomic E-state index is -1.23. The molecule has 1 N–H and O–H groups in total. The van der Waals surface area contributed by atoms with Gasteiger partial charge >= 0.3 is 11.9 Å². The lowest BCUT2D eigenvalue weighted by Gasteiger charge is -2.13. The summed E-state index contributed by atoms with van der Waals surface area (Å²) in [6.07, 6.45) is 4.48. The predicted molar refractivity (Wildman–Crippen MR) is 71.6 cm³/mol. The van der Waals surface area contributed by atoms with Crippen LogP contribution in [-0.2, 0) is 19.1 Å². The molecule has 0 unspecified atom stereocenters. The summed E-state index contributed by atoms with van der Waals surface area (Å²) in [5, 5.41) is 8.94. The molecule has 0 saturated heterocycles. The highest BCUT2D eigenvalue weighted by molar-refractivity contribution is 5.80. The molecule has 0 spiro atoms. The van der Waals surface area contributed by atoms with Crippen molar-refractivity contribution >= 4 is 11.9 Å². The molecule has 5 nitrogen and oxygen atoms in total. The minimum absolute atomic E-state index is 0.349. The standard InChI is InChI=1S/C14H26O5/c1-4-5-6-7-8-9-10-18-14(17)12(3)19-13(16)11(2)15/h11-12,15H,4-10H2,1-3H3/t11-,12-/m0/s1. The summed E-state index contributed by atoms with van der Waals surface area (Å²) in [7, 11) is 0. The van der Waals surface area contributed by atoms with Gasteiger partial charge in [0, 0.05) is 0 Å². The minimum Gasteiger partial charge on any atom is -0.463 e. The number of rotatable bonds is 10. The van der Waals surface area contributed by atoms with Gasteiger partial charge in [-0.2, -0.15) is 0 Å². The fourth-order valence-corrected chi connectivity index (χ4v) is 1.49. The SMILES string of the molecule is CCCCCCCCOC(=O)[C@H](C)OC(=O)[C@H](C)O. The summed E-state index contributed by atoms with van der Waals surface area (Å²) >= 11 is 0. The van der Waals surface area contributed by atoms with E-state index in [0.29, 0.717) is 6.61 Å². The van der Waals surface area contributed by atoms with Crippen molar-refractivity contribution in [2.75, 3.05) is 6.61 Å². The average Bonchev–Trinajstić information content (AvgIpc) is 2.37. The van der Waals surface area contributed by atoms with Crippen molar-refractivity contribution in [3.8, 4) is 0 Å². The van der Waals surface area contributed by atoms with Crippen LogP contribution in [0.25, 0.3) is 0 Å². The van der Waals surface area contributed by atoms with E-state index < -0.39 is 24.1 Å². The number of aliphatic hydroxyl groups excluding tert-OH is 1. The quantitative estimate of drug-likeness (QED) is 0.488. The predicted octanol–water partition coefficient (Wildman–Crippen LogP) is 2.20. The highest BCUT2D eigenvalue weighted by Gasteiger charge is 2.21. The second-order valence-corrected chi connectivity index (χ2v) is 4.69. The Morgan fingerprint density at radius 3 is 2.16 bits per heavy atom. The molecule has 19 heavy (non-hydrogen) atoms.